The number of hydrogen-bond donors (Lipinski definition) is 0. The van der Waals surface area contributed by atoms with Gasteiger partial charge in [-0.2, -0.15) is 0 Å². The second-order valence-electron chi connectivity index (χ2n) is 13.8. The number of hydrogen-bond acceptors (Lipinski definition) is 2. The van der Waals surface area contributed by atoms with Crippen molar-refractivity contribution in [2.45, 2.75) is 0 Å². The number of anilines is 3. The summed E-state index contributed by atoms with van der Waals surface area (Å²) < 4.78 is 6.22. The lowest BCUT2D eigenvalue weighted by atomic mass is 9.97. The van der Waals surface area contributed by atoms with Crippen LogP contribution in [-0.2, 0) is 0 Å². The summed E-state index contributed by atoms with van der Waals surface area (Å²) >= 11 is 0. The van der Waals surface area contributed by atoms with Crippen molar-refractivity contribution in [3.05, 3.63) is 212 Å². The molecule has 0 bridgehead atoms. The van der Waals surface area contributed by atoms with Crippen LogP contribution >= 0.6 is 0 Å². The van der Waals surface area contributed by atoms with Gasteiger partial charge >= 0.3 is 0 Å². The number of furan rings is 1. The SMILES string of the molecule is c1ccc(-c2cccc(-c3ccc(N(c4ccc(-c5cccc(-c6cc7ccccc7o6)c5)cc4)c4cc5ccccc5c5ccccc45)cc3)c2)cc1. The smallest absolute Gasteiger partial charge is 0.135 e. The van der Waals surface area contributed by atoms with Gasteiger partial charge in [-0.1, -0.05) is 158 Å². The predicted octanol–water partition coefficient (Wildman–Crippen LogP) is 14.9. The highest BCUT2D eigenvalue weighted by molar-refractivity contribution is 6.14. The first-order valence-electron chi connectivity index (χ1n) is 18.4. The maximum Gasteiger partial charge on any atom is 0.135 e. The summed E-state index contributed by atoms with van der Waals surface area (Å²) in [5.41, 5.74) is 12.4. The van der Waals surface area contributed by atoms with Gasteiger partial charge in [-0.25, -0.2) is 0 Å². The molecular formula is C52H35NO. The van der Waals surface area contributed by atoms with Crippen molar-refractivity contribution in [1.82, 2.24) is 0 Å². The van der Waals surface area contributed by atoms with Crippen molar-refractivity contribution in [2.24, 2.45) is 0 Å². The minimum Gasteiger partial charge on any atom is -0.456 e. The monoisotopic (exact) mass is 689 g/mol. The molecule has 0 aliphatic carbocycles. The Morgan fingerprint density at radius 3 is 1.43 bits per heavy atom. The molecule has 0 saturated heterocycles. The number of rotatable bonds is 7. The van der Waals surface area contributed by atoms with E-state index in [0.29, 0.717) is 0 Å². The first-order chi connectivity index (χ1) is 26.7. The average Bonchev–Trinajstić information content (AvgIpc) is 3.70. The Hall–Kier alpha value is -7.16. The minimum atomic E-state index is 0.874. The predicted molar refractivity (Wildman–Crippen MR) is 228 cm³/mol. The fraction of sp³-hybridized carbons (Fsp3) is 0. The van der Waals surface area contributed by atoms with Gasteiger partial charge < -0.3 is 9.32 Å². The Balaban J connectivity index is 1.06. The lowest BCUT2D eigenvalue weighted by molar-refractivity contribution is 0.631. The maximum atomic E-state index is 6.22. The van der Waals surface area contributed by atoms with Crippen molar-refractivity contribution in [3.8, 4) is 44.7 Å². The fourth-order valence-corrected chi connectivity index (χ4v) is 7.74. The zero-order valence-corrected chi connectivity index (χ0v) is 29.6. The molecule has 0 radical (unpaired) electrons. The van der Waals surface area contributed by atoms with E-state index in [1.807, 2.05) is 18.2 Å². The molecule has 2 heteroatoms. The molecule has 0 amide bonds. The summed E-state index contributed by atoms with van der Waals surface area (Å²) in [6, 6.07) is 75.9. The summed E-state index contributed by atoms with van der Waals surface area (Å²) in [6.45, 7) is 0. The normalized spacial score (nSPS) is 11.3. The lowest BCUT2D eigenvalue weighted by Gasteiger charge is -2.28. The molecule has 0 N–H and O–H groups in total. The average molecular weight is 690 g/mol. The molecule has 0 atom stereocenters. The molecule has 254 valence electrons. The summed E-state index contributed by atoms with van der Waals surface area (Å²) in [5.74, 6) is 0.874. The van der Waals surface area contributed by atoms with E-state index in [1.165, 1.54) is 43.8 Å². The van der Waals surface area contributed by atoms with Gasteiger partial charge in [-0.05, 0) is 104 Å². The van der Waals surface area contributed by atoms with Gasteiger partial charge in [-0.15, -0.1) is 0 Å². The third kappa shape index (κ3) is 5.81. The van der Waals surface area contributed by atoms with E-state index in [0.717, 1.165) is 50.5 Å². The topological polar surface area (TPSA) is 16.4 Å². The van der Waals surface area contributed by atoms with Crippen molar-refractivity contribution in [3.63, 3.8) is 0 Å². The van der Waals surface area contributed by atoms with E-state index in [2.05, 4.69) is 199 Å². The van der Waals surface area contributed by atoms with Crippen LogP contribution in [0.1, 0.15) is 0 Å². The quantitative estimate of drug-likeness (QED) is 0.155. The molecule has 0 aliphatic heterocycles. The largest absolute Gasteiger partial charge is 0.456 e. The summed E-state index contributed by atoms with van der Waals surface area (Å²) in [7, 11) is 0. The molecule has 10 rings (SSSR count). The Morgan fingerprint density at radius 2 is 0.778 bits per heavy atom. The molecule has 1 heterocycles. The highest BCUT2D eigenvalue weighted by atomic mass is 16.3. The fourth-order valence-electron chi connectivity index (χ4n) is 7.74. The van der Waals surface area contributed by atoms with E-state index >= 15 is 0 Å². The van der Waals surface area contributed by atoms with Gasteiger partial charge in [0.25, 0.3) is 0 Å². The highest BCUT2D eigenvalue weighted by Crippen LogP contribution is 2.43. The van der Waals surface area contributed by atoms with Gasteiger partial charge in [0.2, 0.25) is 0 Å². The van der Waals surface area contributed by atoms with Gasteiger partial charge in [-0.3, -0.25) is 0 Å². The summed E-state index contributed by atoms with van der Waals surface area (Å²) in [6.07, 6.45) is 0. The van der Waals surface area contributed by atoms with Gasteiger partial charge in [0, 0.05) is 27.7 Å². The standard InChI is InChI=1S/C52H35NO/c1-2-12-36(13-3-1)39-16-10-17-40(32-39)37-24-28-45(29-25-37)53(50-34-42-14-4-6-20-47(42)48-21-7-8-22-49(48)50)46-30-26-38(27-31-46)41-18-11-19-43(33-41)52-35-44-15-5-9-23-51(44)54-52/h1-35H. The van der Waals surface area contributed by atoms with Crippen LogP contribution in [0.2, 0.25) is 0 Å². The maximum absolute atomic E-state index is 6.22. The van der Waals surface area contributed by atoms with Crippen LogP contribution in [0.4, 0.5) is 17.1 Å². The van der Waals surface area contributed by atoms with Crippen LogP contribution < -0.4 is 4.90 Å². The van der Waals surface area contributed by atoms with E-state index < -0.39 is 0 Å². The third-order valence-corrected chi connectivity index (χ3v) is 10.4. The molecule has 0 spiro atoms. The van der Waals surface area contributed by atoms with Crippen LogP contribution in [0.5, 0.6) is 0 Å². The second kappa shape index (κ2) is 13.4. The van der Waals surface area contributed by atoms with Crippen molar-refractivity contribution in [2.75, 3.05) is 4.90 Å². The molecule has 1 aromatic heterocycles. The minimum absolute atomic E-state index is 0.874. The molecule has 0 aliphatic rings. The Morgan fingerprint density at radius 1 is 0.296 bits per heavy atom. The lowest BCUT2D eigenvalue weighted by Crippen LogP contribution is -2.10. The van der Waals surface area contributed by atoms with Crippen LogP contribution in [-0.4, -0.2) is 0 Å². The molecule has 0 fully saturated rings. The van der Waals surface area contributed by atoms with Crippen molar-refractivity contribution >= 4 is 49.6 Å². The molecular weight excluding hydrogens is 655 g/mol. The Kier molecular flexibility index (Phi) is 7.85. The molecule has 10 aromatic rings. The molecule has 54 heavy (non-hydrogen) atoms. The van der Waals surface area contributed by atoms with Gasteiger partial charge in [0.05, 0.1) is 5.69 Å². The van der Waals surface area contributed by atoms with Gasteiger partial charge in [0.1, 0.15) is 11.3 Å². The third-order valence-electron chi connectivity index (χ3n) is 10.4. The highest BCUT2D eigenvalue weighted by Gasteiger charge is 2.18. The second-order valence-corrected chi connectivity index (χ2v) is 13.8. The van der Waals surface area contributed by atoms with E-state index in [9.17, 15) is 0 Å². The van der Waals surface area contributed by atoms with Crippen LogP contribution in [0.15, 0.2) is 217 Å². The van der Waals surface area contributed by atoms with Crippen LogP contribution in [0.3, 0.4) is 0 Å². The van der Waals surface area contributed by atoms with E-state index in [4.69, 9.17) is 4.42 Å². The van der Waals surface area contributed by atoms with E-state index in [-0.39, 0.29) is 0 Å². The van der Waals surface area contributed by atoms with Crippen LogP contribution in [0.25, 0.3) is 77.2 Å². The number of benzene rings is 9. The molecule has 0 saturated carbocycles. The first kappa shape index (κ1) is 31.6. The first-order valence-corrected chi connectivity index (χ1v) is 18.4. The van der Waals surface area contributed by atoms with Gasteiger partial charge in [0.15, 0.2) is 0 Å². The molecule has 9 aromatic carbocycles. The zero-order chi connectivity index (χ0) is 35.8. The molecule has 2 nitrogen and oxygen atoms in total. The zero-order valence-electron chi connectivity index (χ0n) is 29.6. The number of nitrogens with zero attached hydrogens (tertiary/aromatic N) is 1. The summed E-state index contributed by atoms with van der Waals surface area (Å²) in [4.78, 5) is 2.40. The Labute approximate surface area is 314 Å². The van der Waals surface area contributed by atoms with Crippen LogP contribution in [0, 0.1) is 0 Å². The summed E-state index contributed by atoms with van der Waals surface area (Å²) in [5, 5.41) is 6.02. The number of para-hydroxylation sites is 1. The van der Waals surface area contributed by atoms with E-state index in [1.54, 1.807) is 0 Å². The molecule has 0 unspecified atom stereocenters. The Bertz CT molecular complexity index is 2890. The number of fused-ring (bicyclic) bond motifs is 4. The van der Waals surface area contributed by atoms with Crippen molar-refractivity contribution < 1.29 is 4.42 Å². The van der Waals surface area contributed by atoms with Crippen molar-refractivity contribution in [1.29, 1.82) is 0 Å².